The average molecular weight is 533 g/mol. The topological polar surface area (TPSA) is 128 Å². The smallest absolute Gasteiger partial charge is 0.324 e. The van der Waals surface area contributed by atoms with Crippen LogP contribution in [0, 0.1) is 0 Å². The molecule has 204 valence electrons. The second-order valence-corrected chi connectivity index (χ2v) is 10.3. The van der Waals surface area contributed by atoms with E-state index in [1.165, 1.54) is 6.92 Å². The molecule has 6 rings (SSSR count). The Morgan fingerprint density at radius 1 is 1.05 bits per heavy atom. The Morgan fingerprint density at radius 3 is 2.46 bits per heavy atom. The predicted octanol–water partition coefficient (Wildman–Crippen LogP) is 1.67. The van der Waals surface area contributed by atoms with Crippen molar-refractivity contribution in [3.05, 3.63) is 36.3 Å². The number of carbonyl (C=O) groups is 2. The number of ether oxygens (including phenoxy) is 1. The molecule has 0 bridgehead atoms. The first-order chi connectivity index (χ1) is 18.9. The SMILES string of the molecule is C[C@H](O)C(=O)N1CCC(N2C(=O)N(C)Cc3cnc4ccc(-c5cnc(N6CCOCC6)nc5)nc4c32)CC1. The largest absolute Gasteiger partial charge is 0.384 e. The number of aliphatic hydroxyl groups excluding tert-OH is 1. The number of rotatable bonds is 4. The number of morpholine rings is 1. The van der Waals surface area contributed by atoms with Gasteiger partial charge in [0, 0.05) is 69.0 Å². The van der Waals surface area contributed by atoms with Crippen LogP contribution in [0.25, 0.3) is 22.3 Å². The molecule has 3 aliphatic heterocycles. The number of aromatic nitrogens is 4. The third-order valence-corrected chi connectivity index (χ3v) is 7.67. The Bertz CT molecular complexity index is 1380. The maximum absolute atomic E-state index is 13.5. The highest BCUT2D eigenvalue weighted by Crippen LogP contribution is 2.37. The molecular weight excluding hydrogens is 500 g/mol. The summed E-state index contributed by atoms with van der Waals surface area (Å²) in [5.74, 6) is 0.390. The van der Waals surface area contributed by atoms with Gasteiger partial charge in [-0.1, -0.05) is 0 Å². The zero-order valence-electron chi connectivity index (χ0n) is 22.2. The van der Waals surface area contributed by atoms with Gasteiger partial charge in [0.25, 0.3) is 5.91 Å². The minimum Gasteiger partial charge on any atom is -0.384 e. The van der Waals surface area contributed by atoms with E-state index >= 15 is 0 Å². The van der Waals surface area contributed by atoms with Gasteiger partial charge in [0.2, 0.25) is 5.95 Å². The molecule has 12 heteroatoms. The van der Waals surface area contributed by atoms with Gasteiger partial charge >= 0.3 is 6.03 Å². The fraction of sp³-hybridized carbons (Fsp3) is 0.481. The maximum atomic E-state index is 13.5. The summed E-state index contributed by atoms with van der Waals surface area (Å²) in [7, 11) is 1.78. The molecule has 3 aromatic heterocycles. The Labute approximate surface area is 226 Å². The van der Waals surface area contributed by atoms with Gasteiger partial charge in [0.05, 0.1) is 36.7 Å². The van der Waals surface area contributed by atoms with Crippen LogP contribution in [0.5, 0.6) is 0 Å². The van der Waals surface area contributed by atoms with Gasteiger partial charge in [-0.3, -0.25) is 14.7 Å². The lowest BCUT2D eigenvalue weighted by Gasteiger charge is -2.43. The van der Waals surface area contributed by atoms with Crippen molar-refractivity contribution in [1.29, 1.82) is 0 Å². The van der Waals surface area contributed by atoms with E-state index in [9.17, 15) is 14.7 Å². The Morgan fingerprint density at radius 2 is 1.77 bits per heavy atom. The average Bonchev–Trinajstić information content (AvgIpc) is 2.98. The highest BCUT2D eigenvalue weighted by atomic mass is 16.5. The molecule has 0 radical (unpaired) electrons. The summed E-state index contributed by atoms with van der Waals surface area (Å²) < 4.78 is 5.42. The number of pyridine rings is 2. The zero-order valence-corrected chi connectivity index (χ0v) is 22.2. The lowest BCUT2D eigenvalue weighted by molar-refractivity contribution is -0.140. The standard InChI is InChI=1S/C27H32N8O4/c1-17(36)25(37)33-7-5-20(6-8-33)35-24-19(16-32(2)27(35)38)15-28-22-4-3-21(31-23(22)24)18-13-29-26(30-14-18)34-9-11-39-12-10-34/h3-4,13-15,17,20,36H,5-12,16H2,1-2H3/t17-/m0/s1. The number of amides is 3. The molecule has 0 spiro atoms. The van der Waals surface area contributed by atoms with Crippen molar-refractivity contribution in [2.45, 2.75) is 38.5 Å². The van der Waals surface area contributed by atoms with Crippen LogP contribution in [0.15, 0.2) is 30.7 Å². The highest BCUT2D eigenvalue weighted by Gasteiger charge is 2.38. The maximum Gasteiger partial charge on any atom is 0.324 e. The minimum absolute atomic E-state index is 0.0966. The number of hydrogen-bond donors (Lipinski definition) is 1. The van der Waals surface area contributed by atoms with Gasteiger partial charge in [0.1, 0.15) is 11.6 Å². The van der Waals surface area contributed by atoms with Gasteiger partial charge < -0.3 is 24.5 Å². The molecule has 2 fully saturated rings. The van der Waals surface area contributed by atoms with Crippen molar-refractivity contribution in [3.63, 3.8) is 0 Å². The molecule has 1 N–H and O–H groups in total. The fourth-order valence-electron chi connectivity index (χ4n) is 5.57. The number of hydrogen-bond acceptors (Lipinski definition) is 9. The van der Waals surface area contributed by atoms with E-state index in [1.807, 2.05) is 23.2 Å². The summed E-state index contributed by atoms with van der Waals surface area (Å²) >= 11 is 0. The molecule has 3 aromatic rings. The fourth-order valence-corrected chi connectivity index (χ4v) is 5.57. The molecule has 1 atom stereocenters. The summed E-state index contributed by atoms with van der Waals surface area (Å²) in [6.07, 6.45) is 5.56. The van der Waals surface area contributed by atoms with E-state index < -0.39 is 6.10 Å². The summed E-state index contributed by atoms with van der Waals surface area (Å²) in [5.41, 5.74) is 4.54. The van der Waals surface area contributed by atoms with Crippen molar-refractivity contribution in [2.24, 2.45) is 0 Å². The number of anilines is 2. The first-order valence-corrected chi connectivity index (χ1v) is 13.4. The van der Waals surface area contributed by atoms with E-state index in [0.29, 0.717) is 68.4 Å². The van der Waals surface area contributed by atoms with Crippen LogP contribution in [0.2, 0.25) is 0 Å². The minimum atomic E-state index is -1.03. The lowest BCUT2D eigenvalue weighted by Crippen LogP contribution is -2.55. The molecule has 0 saturated carbocycles. The second-order valence-electron chi connectivity index (χ2n) is 10.3. The van der Waals surface area contributed by atoms with Crippen molar-refractivity contribution in [2.75, 3.05) is 56.2 Å². The van der Waals surface area contributed by atoms with E-state index in [1.54, 1.807) is 29.2 Å². The first kappa shape index (κ1) is 25.4. The number of fused-ring (bicyclic) bond motifs is 3. The summed E-state index contributed by atoms with van der Waals surface area (Å²) in [4.78, 5) is 51.9. The van der Waals surface area contributed by atoms with E-state index in [-0.39, 0.29) is 18.0 Å². The van der Waals surface area contributed by atoms with E-state index in [2.05, 4.69) is 19.9 Å². The number of urea groups is 1. The number of nitrogens with zero attached hydrogens (tertiary/aromatic N) is 8. The molecule has 3 amide bonds. The molecule has 39 heavy (non-hydrogen) atoms. The Balaban J connectivity index is 1.34. The van der Waals surface area contributed by atoms with Gasteiger partial charge in [-0.2, -0.15) is 0 Å². The number of aliphatic hydroxyl groups is 1. The molecule has 2 saturated heterocycles. The van der Waals surface area contributed by atoms with Crippen LogP contribution >= 0.6 is 0 Å². The van der Waals surface area contributed by atoms with Gasteiger partial charge in [-0.15, -0.1) is 0 Å². The molecular formula is C27H32N8O4. The zero-order chi connectivity index (χ0) is 27.1. The van der Waals surface area contributed by atoms with Crippen LogP contribution < -0.4 is 9.80 Å². The van der Waals surface area contributed by atoms with E-state index in [4.69, 9.17) is 9.72 Å². The van der Waals surface area contributed by atoms with Crippen LogP contribution in [0.4, 0.5) is 16.4 Å². The summed E-state index contributed by atoms with van der Waals surface area (Å²) in [6, 6.07) is 3.61. The van der Waals surface area contributed by atoms with Crippen LogP contribution in [-0.2, 0) is 16.1 Å². The molecule has 0 unspecified atom stereocenters. The van der Waals surface area contributed by atoms with Crippen molar-refractivity contribution in [1.82, 2.24) is 29.7 Å². The quantitative estimate of drug-likeness (QED) is 0.534. The molecule has 6 heterocycles. The molecule has 0 aromatic carbocycles. The van der Waals surface area contributed by atoms with Gasteiger partial charge in [-0.25, -0.2) is 19.7 Å². The van der Waals surface area contributed by atoms with Crippen LogP contribution in [0.3, 0.4) is 0 Å². The summed E-state index contributed by atoms with van der Waals surface area (Å²) in [5, 5.41) is 9.72. The lowest BCUT2D eigenvalue weighted by atomic mass is 9.99. The predicted molar refractivity (Wildman–Crippen MR) is 144 cm³/mol. The summed E-state index contributed by atoms with van der Waals surface area (Å²) in [6.45, 7) is 5.72. The first-order valence-electron chi connectivity index (χ1n) is 13.4. The van der Waals surface area contributed by atoms with Gasteiger partial charge in [-0.05, 0) is 31.9 Å². The van der Waals surface area contributed by atoms with Crippen molar-refractivity contribution in [3.8, 4) is 11.3 Å². The van der Waals surface area contributed by atoms with Crippen LogP contribution in [0.1, 0.15) is 25.3 Å². The number of piperidine rings is 1. The second kappa shape index (κ2) is 10.3. The van der Waals surface area contributed by atoms with Crippen molar-refractivity contribution >= 4 is 34.6 Å². The third-order valence-electron chi connectivity index (χ3n) is 7.67. The van der Waals surface area contributed by atoms with E-state index in [0.717, 1.165) is 29.9 Å². The van der Waals surface area contributed by atoms with Gasteiger partial charge in [0.15, 0.2) is 0 Å². The van der Waals surface area contributed by atoms with Crippen molar-refractivity contribution < 1.29 is 19.4 Å². The monoisotopic (exact) mass is 532 g/mol. The Kier molecular flexibility index (Phi) is 6.73. The number of carbonyl (C=O) groups excluding carboxylic acids is 2. The third kappa shape index (κ3) is 4.74. The molecule has 0 aliphatic carbocycles. The molecule has 12 nitrogen and oxygen atoms in total. The molecule has 3 aliphatic rings. The highest BCUT2D eigenvalue weighted by molar-refractivity contribution is 6.04. The van der Waals surface area contributed by atoms with Crippen LogP contribution in [-0.4, -0.2) is 105 Å². The normalized spacial score (nSPS) is 19.4. The number of likely N-dealkylation sites (tertiary alicyclic amines) is 1. The Hall–Kier alpha value is -3.90.